The number of allylic oxidation sites excluding steroid dienone is 6. The predicted octanol–water partition coefficient (Wildman–Crippen LogP) is 5.15. The van der Waals surface area contributed by atoms with Crippen molar-refractivity contribution in [3.05, 3.63) is 56.7 Å². The second-order valence-corrected chi connectivity index (χ2v) is 7.61. The fourth-order valence-corrected chi connectivity index (χ4v) is 3.66. The first kappa shape index (κ1) is 17.9. The van der Waals surface area contributed by atoms with Crippen LogP contribution in [0.25, 0.3) is 23.3 Å². The molecule has 2 aliphatic carbocycles. The van der Waals surface area contributed by atoms with Crippen LogP contribution in [-0.4, -0.2) is 0 Å². The lowest BCUT2D eigenvalue weighted by Gasteiger charge is -2.22. The molecule has 0 fully saturated rings. The second kappa shape index (κ2) is 6.14. The van der Waals surface area contributed by atoms with E-state index in [1.807, 2.05) is 76.3 Å². The van der Waals surface area contributed by atoms with Crippen molar-refractivity contribution in [2.24, 2.45) is 5.41 Å². The molecule has 0 unspecified atom stereocenters. The molecule has 0 aromatic heterocycles. The topological polar surface area (TPSA) is 95.2 Å². The Hall–Kier alpha value is -3.86. The Bertz CT molecular complexity index is 1150. The minimum atomic E-state index is -0.243. The maximum Gasteiger partial charge on any atom is 0.137 e. The van der Waals surface area contributed by atoms with E-state index in [9.17, 15) is 21.0 Å². The van der Waals surface area contributed by atoms with Gasteiger partial charge in [0.25, 0.3) is 0 Å². The van der Waals surface area contributed by atoms with Crippen molar-refractivity contribution < 1.29 is 0 Å². The fourth-order valence-electron chi connectivity index (χ4n) is 3.66. The van der Waals surface area contributed by atoms with E-state index in [-0.39, 0.29) is 16.6 Å². The van der Waals surface area contributed by atoms with Gasteiger partial charge >= 0.3 is 0 Å². The quantitative estimate of drug-likeness (QED) is 0.606. The molecule has 2 aliphatic rings. The second-order valence-electron chi connectivity index (χ2n) is 7.61. The van der Waals surface area contributed by atoms with Gasteiger partial charge in [0.05, 0.1) is 0 Å². The zero-order valence-corrected chi connectivity index (χ0v) is 15.6. The minimum Gasteiger partial charge on any atom is -0.192 e. The predicted molar refractivity (Wildman–Crippen MR) is 104 cm³/mol. The summed E-state index contributed by atoms with van der Waals surface area (Å²) in [6.07, 6.45) is 3.94. The van der Waals surface area contributed by atoms with Crippen LogP contribution in [-0.2, 0) is 0 Å². The van der Waals surface area contributed by atoms with Crippen LogP contribution in [0.15, 0.2) is 34.4 Å². The van der Waals surface area contributed by atoms with Crippen LogP contribution in [0.2, 0.25) is 0 Å². The largest absolute Gasteiger partial charge is 0.192 e. The van der Waals surface area contributed by atoms with Gasteiger partial charge in [0.2, 0.25) is 0 Å². The van der Waals surface area contributed by atoms with Crippen molar-refractivity contribution in [3.63, 3.8) is 0 Å². The van der Waals surface area contributed by atoms with E-state index in [0.717, 1.165) is 33.4 Å². The number of nitriles is 4. The van der Waals surface area contributed by atoms with Crippen molar-refractivity contribution in [1.29, 1.82) is 21.0 Å². The standard InChI is InChI=1S/C23H16N4/c1-13-5-14-6-19-15(7-18(14)21(13)16(9-24)10-25)8-20(23(2,3)4)22(19)17(11-26)12-27/h5-8H,1-4H3. The van der Waals surface area contributed by atoms with Crippen molar-refractivity contribution >= 4 is 23.3 Å². The Kier molecular flexibility index (Phi) is 4.08. The van der Waals surface area contributed by atoms with Crippen molar-refractivity contribution in [2.45, 2.75) is 27.7 Å². The highest BCUT2D eigenvalue weighted by Crippen LogP contribution is 2.49. The van der Waals surface area contributed by atoms with Gasteiger partial charge in [-0.25, -0.2) is 0 Å². The maximum absolute atomic E-state index is 9.46. The molecule has 4 nitrogen and oxygen atoms in total. The van der Waals surface area contributed by atoms with Gasteiger partial charge in [-0.3, -0.25) is 0 Å². The van der Waals surface area contributed by atoms with Crippen molar-refractivity contribution in [2.75, 3.05) is 0 Å². The summed E-state index contributed by atoms with van der Waals surface area (Å²) in [5.41, 5.74) is 6.54. The van der Waals surface area contributed by atoms with E-state index in [2.05, 4.69) is 0 Å². The van der Waals surface area contributed by atoms with Gasteiger partial charge in [-0.05, 0) is 63.9 Å². The third-order valence-corrected chi connectivity index (χ3v) is 4.85. The Balaban J connectivity index is 2.37. The summed E-state index contributed by atoms with van der Waals surface area (Å²) in [5.74, 6) is 0. The molecule has 0 N–H and O–H groups in total. The molecule has 0 saturated carbocycles. The normalized spacial score (nSPS) is 14.1. The summed E-state index contributed by atoms with van der Waals surface area (Å²) in [4.78, 5) is 0. The average molecular weight is 348 g/mol. The molecule has 1 aromatic rings. The number of hydrogen-bond donors (Lipinski definition) is 0. The van der Waals surface area contributed by atoms with Crippen LogP contribution >= 0.6 is 0 Å². The molecule has 0 heterocycles. The Morgan fingerprint density at radius 1 is 0.741 bits per heavy atom. The van der Waals surface area contributed by atoms with Gasteiger partial charge in [-0.2, -0.15) is 21.0 Å². The summed E-state index contributed by atoms with van der Waals surface area (Å²) in [5, 5.41) is 37.5. The molecular formula is C23H16N4. The summed E-state index contributed by atoms with van der Waals surface area (Å²) in [6, 6.07) is 11.9. The smallest absolute Gasteiger partial charge is 0.137 e. The fraction of sp³-hybridized carbons (Fsp3) is 0.217. The number of fused-ring (bicyclic) bond motifs is 2. The average Bonchev–Trinajstić information content (AvgIpc) is 3.13. The number of hydrogen-bond acceptors (Lipinski definition) is 4. The molecule has 128 valence electrons. The first-order valence-corrected chi connectivity index (χ1v) is 8.45. The van der Waals surface area contributed by atoms with Crippen LogP contribution in [0.3, 0.4) is 0 Å². The van der Waals surface area contributed by atoms with Crippen LogP contribution < -0.4 is 0 Å². The highest BCUT2D eigenvalue weighted by atomic mass is 14.4. The lowest BCUT2D eigenvalue weighted by atomic mass is 9.81. The highest BCUT2D eigenvalue weighted by molar-refractivity contribution is 6.04. The van der Waals surface area contributed by atoms with E-state index < -0.39 is 0 Å². The van der Waals surface area contributed by atoms with Gasteiger partial charge in [-0.1, -0.05) is 26.8 Å². The first-order chi connectivity index (χ1) is 12.8. The van der Waals surface area contributed by atoms with Gasteiger partial charge in [0, 0.05) is 11.1 Å². The molecule has 1 aromatic carbocycles. The van der Waals surface area contributed by atoms with Gasteiger partial charge in [0.15, 0.2) is 0 Å². The molecule has 0 atom stereocenters. The minimum absolute atomic E-state index is 0.0889. The van der Waals surface area contributed by atoms with Crippen molar-refractivity contribution in [3.8, 4) is 24.3 Å². The molecule has 0 bridgehead atoms. The van der Waals surface area contributed by atoms with Crippen LogP contribution in [0.5, 0.6) is 0 Å². The SMILES string of the molecule is CC1=Cc2cc3c(cc2C1=C(C#N)C#N)C=C(C(C)(C)C)C3=C(C#N)C#N. The Morgan fingerprint density at radius 3 is 1.67 bits per heavy atom. The summed E-state index contributed by atoms with van der Waals surface area (Å²) in [6.45, 7) is 8.01. The van der Waals surface area contributed by atoms with E-state index in [0.29, 0.717) is 11.1 Å². The highest BCUT2D eigenvalue weighted by Gasteiger charge is 2.32. The van der Waals surface area contributed by atoms with E-state index in [1.54, 1.807) is 0 Å². The Labute approximate surface area is 158 Å². The van der Waals surface area contributed by atoms with E-state index in [4.69, 9.17) is 0 Å². The molecular weight excluding hydrogens is 332 g/mol. The summed E-state index contributed by atoms with van der Waals surface area (Å²) < 4.78 is 0. The van der Waals surface area contributed by atoms with E-state index >= 15 is 0 Å². The molecule has 0 radical (unpaired) electrons. The number of rotatable bonds is 0. The monoisotopic (exact) mass is 348 g/mol. The van der Waals surface area contributed by atoms with Crippen LogP contribution in [0.1, 0.15) is 49.9 Å². The maximum atomic E-state index is 9.46. The summed E-state index contributed by atoms with van der Waals surface area (Å²) in [7, 11) is 0. The third-order valence-electron chi connectivity index (χ3n) is 4.85. The van der Waals surface area contributed by atoms with Crippen molar-refractivity contribution in [1.82, 2.24) is 0 Å². The van der Waals surface area contributed by atoms with E-state index in [1.165, 1.54) is 0 Å². The van der Waals surface area contributed by atoms with Gasteiger partial charge in [-0.15, -0.1) is 0 Å². The molecule has 0 spiro atoms. The van der Waals surface area contributed by atoms with Crippen LogP contribution in [0.4, 0.5) is 0 Å². The van der Waals surface area contributed by atoms with Gasteiger partial charge < -0.3 is 0 Å². The van der Waals surface area contributed by atoms with Gasteiger partial charge in [0.1, 0.15) is 35.4 Å². The van der Waals surface area contributed by atoms with Crippen LogP contribution in [0, 0.1) is 50.7 Å². The number of nitrogens with zero attached hydrogens (tertiary/aromatic N) is 4. The Morgan fingerprint density at radius 2 is 1.19 bits per heavy atom. The lowest BCUT2D eigenvalue weighted by Crippen LogP contribution is -2.09. The lowest BCUT2D eigenvalue weighted by molar-refractivity contribution is 0.525. The zero-order valence-electron chi connectivity index (χ0n) is 15.6. The molecule has 0 saturated heterocycles. The molecule has 3 rings (SSSR count). The molecule has 0 aliphatic heterocycles. The first-order valence-electron chi connectivity index (χ1n) is 8.45. The summed E-state index contributed by atoms with van der Waals surface area (Å²) >= 11 is 0. The molecule has 4 heteroatoms. The molecule has 27 heavy (non-hydrogen) atoms. The number of benzene rings is 1. The molecule has 0 amide bonds. The third kappa shape index (κ3) is 2.66. The zero-order chi connectivity index (χ0) is 19.9.